The van der Waals surface area contributed by atoms with Crippen molar-refractivity contribution in [2.75, 3.05) is 6.54 Å². The summed E-state index contributed by atoms with van der Waals surface area (Å²) < 4.78 is 2.00. The highest BCUT2D eigenvalue weighted by molar-refractivity contribution is 6.21. The van der Waals surface area contributed by atoms with Crippen molar-refractivity contribution in [2.45, 2.75) is 32.7 Å². The molecule has 2 amide bonds. The lowest BCUT2D eigenvalue weighted by atomic mass is 9.88. The Balaban J connectivity index is 1.70. The second kappa shape index (κ2) is 5.61. The van der Waals surface area contributed by atoms with Gasteiger partial charge in [-0.15, -0.1) is 0 Å². The van der Waals surface area contributed by atoms with Crippen molar-refractivity contribution in [2.24, 2.45) is 0 Å². The van der Waals surface area contributed by atoms with Crippen molar-refractivity contribution in [3.63, 3.8) is 0 Å². The van der Waals surface area contributed by atoms with Crippen LogP contribution in [-0.4, -0.2) is 23.3 Å². The normalized spacial score (nSPS) is 14.3. The Kier molecular flexibility index (Phi) is 3.76. The van der Waals surface area contributed by atoms with Crippen molar-refractivity contribution >= 4 is 11.8 Å². The summed E-state index contributed by atoms with van der Waals surface area (Å²) >= 11 is 0. The molecule has 0 aliphatic carbocycles. The number of fused-ring (bicyclic) bond motifs is 1. The summed E-state index contributed by atoms with van der Waals surface area (Å²) in [5, 5.41) is 0. The lowest BCUT2D eigenvalue weighted by Gasteiger charge is -2.17. The SMILES string of the molecule is CC(C)(C)c1cc[n+](CCN2C(=O)c3ccccc3C2=O)cc1. The van der Waals surface area contributed by atoms with E-state index >= 15 is 0 Å². The van der Waals surface area contributed by atoms with Crippen LogP contribution in [0, 0.1) is 0 Å². The molecule has 23 heavy (non-hydrogen) atoms. The van der Waals surface area contributed by atoms with Crippen LogP contribution in [0.5, 0.6) is 0 Å². The Hall–Kier alpha value is -2.49. The van der Waals surface area contributed by atoms with Crippen molar-refractivity contribution in [1.82, 2.24) is 4.90 Å². The number of nitrogens with zero attached hydrogens (tertiary/aromatic N) is 2. The molecule has 2 aromatic rings. The summed E-state index contributed by atoms with van der Waals surface area (Å²) in [5.41, 5.74) is 2.38. The molecule has 0 atom stereocenters. The fourth-order valence-electron chi connectivity index (χ4n) is 2.76. The quantitative estimate of drug-likeness (QED) is 0.646. The highest BCUT2D eigenvalue weighted by Crippen LogP contribution is 2.22. The maximum absolute atomic E-state index is 12.3. The van der Waals surface area contributed by atoms with Gasteiger partial charge in [0.05, 0.1) is 17.7 Å². The first-order chi connectivity index (χ1) is 10.9. The monoisotopic (exact) mass is 309 g/mol. The first-order valence-electron chi connectivity index (χ1n) is 7.83. The average molecular weight is 309 g/mol. The molecule has 1 aliphatic rings. The number of carbonyl (C=O) groups is 2. The van der Waals surface area contributed by atoms with Crippen LogP contribution in [0.3, 0.4) is 0 Å². The molecule has 0 N–H and O–H groups in total. The van der Waals surface area contributed by atoms with E-state index in [9.17, 15) is 9.59 Å². The second-order valence-corrected chi connectivity index (χ2v) is 6.88. The van der Waals surface area contributed by atoms with E-state index in [1.54, 1.807) is 24.3 Å². The van der Waals surface area contributed by atoms with Crippen molar-refractivity contribution in [3.05, 3.63) is 65.5 Å². The third-order valence-corrected chi connectivity index (χ3v) is 4.22. The van der Waals surface area contributed by atoms with E-state index in [2.05, 4.69) is 32.9 Å². The lowest BCUT2D eigenvalue weighted by Crippen LogP contribution is -2.42. The third kappa shape index (κ3) is 2.89. The van der Waals surface area contributed by atoms with E-state index in [0.29, 0.717) is 24.2 Å². The molecular weight excluding hydrogens is 288 g/mol. The molecule has 1 aromatic heterocycles. The Morgan fingerprint density at radius 1 is 0.913 bits per heavy atom. The molecule has 0 spiro atoms. The van der Waals surface area contributed by atoms with Crippen LogP contribution in [0.1, 0.15) is 47.1 Å². The van der Waals surface area contributed by atoms with Gasteiger partial charge in [0, 0.05) is 12.1 Å². The van der Waals surface area contributed by atoms with Gasteiger partial charge in [0.1, 0.15) is 0 Å². The molecule has 0 fully saturated rings. The second-order valence-electron chi connectivity index (χ2n) is 6.88. The maximum Gasteiger partial charge on any atom is 0.261 e. The van der Waals surface area contributed by atoms with Crippen LogP contribution in [0.4, 0.5) is 0 Å². The topological polar surface area (TPSA) is 41.3 Å². The summed E-state index contributed by atoms with van der Waals surface area (Å²) in [6, 6.07) is 11.2. The number of rotatable bonds is 3. The first kappa shape index (κ1) is 15.4. The van der Waals surface area contributed by atoms with Crippen LogP contribution >= 0.6 is 0 Å². The number of imide groups is 1. The van der Waals surface area contributed by atoms with Crippen LogP contribution in [0.25, 0.3) is 0 Å². The molecule has 2 heterocycles. The predicted molar refractivity (Wildman–Crippen MR) is 87.1 cm³/mol. The zero-order valence-corrected chi connectivity index (χ0v) is 13.7. The van der Waals surface area contributed by atoms with Gasteiger partial charge in [0.25, 0.3) is 11.8 Å². The summed E-state index contributed by atoms with van der Waals surface area (Å²) in [4.78, 5) is 25.9. The molecule has 118 valence electrons. The number of carbonyl (C=O) groups excluding carboxylic acids is 2. The maximum atomic E-state index is 12.3. The summed E-state index contributed by atoms with van der Waals surface area (Å²) in [6.45, 7) is 7.49. The molecule has 1 aromatic carbocycles. The molecule has 0 radical (unpaired) electrons. The number of benzene rings is 1. The highest BCUT2D eigenvalue weighted by Gasteiger charge is 2.35. The van der Waals surface area contributed by atoms with Gasteiger partial charge in [-0.2, -0.15) is 0 Å². The van der Waals surface area contributed by atoms with E-state index in [1.807, 2.05) is 17.0 Å². The van der Waals surface area contributed by atoms with Gasteiger partial charge in [0.15, 0.2) is 18.9 Å². The van der Waals surface area contributed by atoms with Gasteiger partial charge < -0.3 is 0 Å². The van der Waals surface area contributed by atoms with Crippen molar-refractivity contribution in [3.8, 4) is 0 Å². The van der Waals surface area contributed by atoms with Gasteiger partial charge in [-0.25, -0.2) is 4.57 Å². The van der Waals surface area contributed by atoms with E-state index in [0.717, 1.165) is 0 Å². The highest BCUT2D eigenvalue weighted by atomic mass is 16.2. The summed E-state index contributed by atoms with van der Waals surface area (Å²) in [7, 11) is 0. The van der Waals surface area contributed by atoms with Gasteiger partial charge in [-0.05, 0) is 23.1 Å². The summed E-state index contributed by atoms with van der Waals surface area (Å²) in [6.07, 6.45) is 4.00. The summed E-state index contributed by atoms with van der Waals surface area (Å²) in [5.74, 6) is -0.393. The molecule has 0 saturated carbocycles. The fourth-order valence-corrected chi connectivity index (χ4v) is 2.76. The lowest BCUT2D eigenvalue weighted by molar-refractivity contribution is -0.696. The number of hydrogen-bond acceptors (Lipinski definition) is 2. The van der Waals surface area contributed by atoms with Crippen LogP contribution < -0.4 is 4.57 Å². The molecule has 4 heteroatoms. The smallest absolute Gasteiger partial charge is 0.261 e. The average Bonchev–Trinajstić information content (AvgIpc) is 2.77. The predicted octanol–water partition coefficient (Wildman–Crippen LogP) is 2.57. The minimum Gasteiger partial charge on any atom is -0.269 e. The van der Waals surface area contributed by atoms with Crippen molar-refractivity contribution in [1.29, 1.82) is 0 Å². The number of hydrogen-bond donors (Lipinski definition) is 0. The zero-order valence-electron chi connectivity index (χ0n) is 13.7. The number of aromatic nitrogens is 1. The molecule has 0 bridgehead atoms. The zero-order chi connectivity index (χ0) is 16.6. The van der Waals surface area contributed by atoms with Gasteiger partial charge in [-0.1, -0.05) is 32.9 Å². The van der Waals surface area contributed by atoms with Crippen LogP contribution in [0.2, 0.25) is 0 Å². The molecule has 4 nitrogen and oxygen atoms in total. The fraction of sp³-hybridized carbons (Fsp3) is 0.316. The van der Waals surface area contributed by atoms with E-state index < -0.39 is 0 Å². The Morgan fingerprint density at radius 3 is 1.91 bits per heavy atom. The Morgan fingerprint density at radius 2 is 1.43 bits per heavy atom. The standard InChI is InChI=1S/C19H21N2O2/c1-19(2,3)14-8-10-20(11-9-14)12-13-21-17(22)15-6-4-5-7-16(15)18(21)23/h4-11H,12-13H2,1-3H3/q+1. The van der Waals surface area contributed by atoms with Gasteiger partial charge in [0.2, 0.25) is 0 Å². The van der Waals surface area contributed by atoms with Crippen molar-refractivity contribution < 1.29 is 14.2 Å². The van der Waals surface area contributed by atoms with Crippen LogP contribution in [0.15, 0.2) is 48.8 Å². The number of pyridine rings is 1. The van der Waals surface area contributed by atoms with Gasteiger partial charge >= 0.3 is 0 Å². The third-order valence-electron chi connectivity index (χ3n) is 4.22. The minimum absolute atomic E-state index is 0.113. The minimum atomic E-state index is -0.197. The molecular formula is C19H21N2O2+. The van der Waals surface area contributed by atoms with Crippen LogP contribution in [-0.2, 0) is 12.0 Å². The van der Waals surface area contributed by atoms with Gasteiger partial charge in [-0.3, -0.25) is 14.5 Å². The first-order valence-corrected chi connectivity index (χ1v) is 7.83. The molecule has 0 saturated heterocycles. The largest absolute Gasteiger partial charge is 0.269 e. The molecule has 1 aliphatic heterocycles. The molecule has 0 unspecified atom stereocenters. The van der Waals surface area contributed by atoms with E-state index in [1.165, 1.54) is 10.5 Å². The van der Waals surface area contributed by atoms with E-state index in [-0.39, 0.29) is 17.2 Å². The molecule has 3 rings (SSSR count). The van der Waals surface area contributed by atoms with E-state index in [4.69, 9.17) is 0 Å². The Labute approximate surface area is 136 Å². The Bertz CT molecular complexity index is 723. The number of amides is 2.